The summed E-state index contributed by atoms with van der Waals surface area (Å²) in [5, 5.41) is 10.8. The van der Waals surface area contributed by atoms with Crippen LogP contribution in [0.1, 0.15) is 49.8 Å². The molecule has 0 spiro atoms. The number of nitrogens with one attached hydrogen (secondary N) is 1. The first kappa shape index (κ1) is 23.9. The molecule has 2 aromatic heterocycles. The van der Waals surface area contributed by atoms with Crippen LogP contribution >= 0.6 is 0 Å². The third-order valence-corrected chi connectivity index (χ3v) is 9.18. The Labute approximate surface area is 221 Å². The van der Waals surface area contributed by atoms with E-state index in [1.165, 1.54) is 23.6 Å². The second-order valence-corrected chi connectivity index (χ2v) is 11.4. The van der Waals surface area contributed by atoms with Crippen molar-refractivity contribution in [2.75, 3.05) is 31.6 Å². The molecule has 0 aliphatic carbocycles. The third kappa shape index (κ3) is 3.76. The Morgan fingerprint density at radius 3 is 2.92 bits per heavy atom. The minimum atomic E-state index is -0.238. The van der Waals surface area contributed by atoms with Gasteiger partial charge in [-0.3, -0.25) is 9.69 Å². The van der Waals surface area contributed by atoms with Gasteiger partial charge in [0.25, 0.3) is 0 Å². The molecule has 3 aromatic rings. The quantitative estimate of drug-likeness (QED) is 0.542. The lowest BCUT2D eigenvalue weighted by atomic mass is 9.83. The number of carbonyl (C=O) groups excluding carboxylic acids is 1. The molecule has 7 rings (SSSR count). The van der Waals surface area contributed by atoms with Crippen LogP contribution in [-0.2, 0) is 11.3 Å². The summed E-state index contributed by atoms with van der Waals surface area (Å²) in [6, 6.07) is 7.53. The lowest BCUT2D eigenvalue weighted by molar-refractivity contribution is -0.135. The second-order valence-electron chi connectivity index (χ2n) is 11.4. The predicted octanol–water partition coefficient (Wildman–Crippen LogP) is 4.31. The molecule has 3 atom stereocenters. The van der Waals surface area contributed by atoms with Crippen LogP contribution in [0.2, 0.25) is 0 Å². The van der Waals surface area contributed by atoms with Gasteiger partial charge in [-0.25, -0.2) is 9.37 Å². The van der Waals surface area contributed by atoms with E-state index in [9.17, 15) is 14.3 Å². The molecule has 7 nitrogen and oxygen atoms in total. The van der Waals surface area contributed by atoms with Crippen molar-refractivity contribution in [3.63, 3.8) is 0 Å². The third-order valence-electron chi connectivity index (χ3n) is 9.18. The van der Waals surface area contributed by atoms with Crippen molar-refractivity contribution < 1.29 is 14.3 Å². The summed E-state index contributed by atoms with van der Waals surface area (Å²) in [7, 11) is 2.06. The first-order valence-corrected chi connectivity index (χ1v) is 13.9. The molecule has 38 heavy (non-hydrogen) atoms. The number of aliphatic hydroxyl groups excluding tert-OH is 1. The summed E-state index contributed by atoms with van der Waals surface area (Å²) in [6.07, 6.45) is 10.2. The number of halogens is 1. The van der Waals surface area contributed by atoms with Crippen molar-refractivity contribution in [3.8, 4) is 11.1 Å². The average Bonchev–Trinajstić information content (AvgIpc) is 3.50. The maximum Gasteiger partial charge on any atom is 0.237 e. The van der Waals surface area contributed by atoms with Crippen molar-refractivity contribution in [2.24, 2.45) is 0 Å². The Balaban J connectivity index is 1.25. The van der Waals surface area contributed by atoms with Crippen molar-refractivity contribution in [1.29, 1.82) is 0 Å². The molecule has 1 aromatic carbocycles. The highest BCUT2D eigenvalue weighted by Crippen LogP contribution is 2.45. The highest BCUT2D eigenvalue weighted by atomic mass is 19.1. The molecule has 2 fully saturated rings. The number of hydrogen-bond acceptors (Lipinski definition) is 5. The van der Waals surface area contributed by atoms with Gasteiger partial charge >= 0.3 is 0 Å². The lowest BCUT2D eigenvalue weighted by Gasteiger charge is -2.45. The van der Waals surface area contributed by atoms with Gasteiger partial charge in [0, 0.05) is 66.3 Å². The second kappa shape index (κ2) is 9.20. The fourth-order valence-corrected chi connectivity index (χ4v) is 7.37. The maximum absolute atomic E-state index is 14.3. The van der Waals surface area contributed by atoms with Gasteiger partial charge in [-0.05, 0) is 67.5 Å². The largest absolute Gasteiger partial charge is 0.394 e. The highest BCUT2D eigenvalue weighted by Gasteiger charge is 2.38. The van der Waals surface area contributed by atoms with Crippen LogP contribution in [0.5, 0.6) is 0 Å². The Kier molecular flexibility index (Phi) is 5.78. The normalized spacial score (nSPS) is 24.9. The number of carbonyl (C=O) groups is 1. The van der Waals surface area contributed by atoms with Gasteiger partial charge in [0.15, 0.2) is 0 Å². The van der Waals surface area contributed by atoms with Gasteiger partial charge in [-0.15, -0.1) is 0 Å². The van der Waals surface area contributed by atoms with Gasteiger partial charge in [-0.2, -0.15) is 0 Å². The zero-order valence-corrected chi connectivity index (χ0v) is 21.8. The Bertz CT molecular complexity index is 1450. The number of rotatable bonds is 4. The van der Waals surface area contributed by atoms with E-state index in [4.69, 9.17) is 0 Å². The van der Waals surface area contributed by atoms with Crippen LogP contribution in [0, 0.1) is 5.82 Å². The molecular formula is C30H34FN5O2. The number of anilines is 1. The topological polar surface area (TPSA) is 75.7 Å². The highest BCUT2D eigenvalue weighted by molar-refractivity contribution is 6.02. The fraction of sp³-hybridized carbons (Fsp3) is 0.467. The van der Waals surface area contributed by atoms with Crippen molar-refractivity contribution in [1.82, 2.24) is 19.8 Å². The minimum Gasteiger partial charge on any atom is -0.394 e. The number of aliphatic hydroxyl groups is 1. The Morgan fingerprint density at radius 1 is 1.18 bits per heavy atom. The lowest BCUT2D eigenvalue weighted by Crippen LogP contribution is -2.53. The number of fused-ring (bicyclic) bond motifs is 4. The average molecular weight is 516 g/mol. The molecule has 2 bridgehead atoms. The van der Waals surface area contributed by atoms with Gasteiger partial charge in [0.05, 0.1) is 19.2 Å². The molecule has 2 unspecified atom stereocenters. The van der Waals surface area contributed by atoms with Crippen molar-refractivity contribution >= 4 is 28.2 Å². The molecule has 4 aliphatic heterocycles. The van der Waals surface area contributed by atoms with E-state index in [2.05, 4.69) is 32.9 Å². The number of H-pyrrole nitrogens is 1. The Morgan fingerprint density at radius 2 is 2.08 bits per heavy atom. The number of likely N-dealkylation sites (tertiary alicyclic amines) is 1. The summed E-state index contributed by atoms with van der Waals surface area (Å²) in [6.45, 7) is 1.93. The SMILES string of the molecule is CN1Cc2c(C3=CC4CCCC(C3)N4CC(=O)N3CCC[C@H]3CO)[nH]c3nccc(c23)-c2cc(F)ccc21. The molecule has 198 valence electrons. The van der Waals surface area contributed by atoms with Crippen LogP contribution < -0.4 is 4.90 Å². The summed E-state index contributed by atoms with van der Waals surface area (Å²) in [5.41, 5.74) is 7.39. The molecule has 2 N–H and O–H groups in total. The number of aromatic nitrogens is 2. The van der Waals surface area contributed by atoms with Crippen LogP contribution in [0.15, 0.2) is 36.5 Å². The molecule has 6 heterocycles. The van der Waals surface area contributed by atoms with Gasteiger partial charge < -0.3 is 19.9 Å². The summed E-state index contributed by atoms with van der Waals surface area (Å²) in [5.74, 6) is -0.0917. The standard InChI is InChI=1S/C30H34FN5O2/c1-34-15-25-28-23(24-14-19(31)7-8-26(24)34)9-10-32-30(28)33-29(25)18-12-20-4-2-5-21(13-18)36(20)16-27(38)35-11-3-6-22(35)17-37/h7-10,12,14,20-22,37H,2-6,11,13,15-17H2,1H3,(H,32,33)/t20?,21?,22-/m0/s1. The van der Waals surface area contributed by atoms with Crippen molar-refractivity contribution in [3.05, 3.63) is 53.6 Å². The van der Waals surface area contributed by atoms with E-state index in [1.54, 1.807) is 12.3 Å². The molecule has 0 saturated carbocycles. The zero-order valence-electron chi connectivity index (χ0n) is 21.8. The number of aromatic amines is 1. The van der Waals surface area contributed by atoms with Gasteiger partial charge in [0.2, 0.25) is 5.91 Å². The molecule has 2 saturated heterocycles. The van der Waals surface area contributed by atoms with E-state index in [0.717, 1.165) is 72.2 Å². The van der Waals surface area contributed by atoms with E-state index in [1.807, 2.05) is 17.0 Å². The van der Waals surface area contributed by atoms with E-state index >= 15 is 0 Å². The molecule has 8 heteroatoms. The smallest absolute Gasteiger partial charge is 0.237 e. The minimum absolute atomic E-state index is 0.0297. The molecular weight excluding hydrogens is 481 g/mol. The van der Waals surface area contributed by atoms with E-state index in [-0.39, 0.29) is 30.4 Å². The summed E-state index contributed by atoms with van der Waals surface area (Å²) < 4.78 is 14.3. The number of nitrogens with zero attached hydrogens (tertiary/aromatic N) is 4. The number of hydrogen-bond donors (Lipinski definition) is 2. The van der Waals surface area contributed by atoms with Crippen LogP contribution in [0.3, 0.4) is 0 Å². The Hall–Kier alpha value is -3.23. The summed E-state index contributed by atoms with van der Waals surface area (Å²) >= 11 is 0. The fourth-order valence-electron chi connectivity index (χ4n) is 7.37. The number of pyridine rings is 1. The van der Waals surface area contributed by atoms with Crippen LogP contribution in [0.4, 0.5) is 10.1 Å². The maximum atomic E-state index is 14.3. The molecule has 1 amide bonds. The zero-order chi connectivity index (χ0) is 26.0. The van der Waals surface area contributed by atoms with Gasteiger partial charge in [-0.1, -0.05) is 12.5 Å². The number of piperidine rings is 1. The van der Waals surface area contributed by atoms with E-state index in [0.29, 0.717) is 19.1 Å². The van der Waals surface area contributed by atoms with Gasteiger partial charge in [0.1, 0.15) is 11.5 Å². The van der Waals surface area contributed by atoms with Crippen molar-refractivity contribution in [2.45, 2.75) is 63.2 Å². The van der Waals surface area contributed by atoms with E-state index < -0.39 is 0 Å². The van der Waals surface area contributed by atoms with Crippen LogP contribution in [-0.4, -0.2) is 75.7 Å². The molecule has 0 radical (unpaired) electrons. The van der Waals surface area contributed by atoms with Crippen LogP contribution in [0.25, 0.3) is 27.7 Å². The predicted molar refractivity (Wildman–Crippen MR) is 146 cm³/mol. The number of amides is 1. The number of benzene rings is 1. The monoisotopic (exact) mass is 515 g/mol. The summed E-state index contributed by atoms with van der Waals surface area (Å²) in [4.78, 5) is 28.0. The first-order valence-electron chi connectivity index (χ1n) is 13.9. The molecule has 4 aliphatic rings. The first-order chi connectivity index (χ1) is 18.5.